The number of nitrogens with two attached hydrogens (primary N) is 2. The van der Waals surface area contributed by atoms with Crippen molar-refractivity contribution in [3.8, 4) is 11.5 Å². The van der Waals surface area contributed by atoms with Crippen molar-refractivity contribution in [2.75, 3.05) is 20.8 Å². The molecule has 0 aliphatic rings. The van der Waals surface area contributed by atoms with E-state index in [1.807, 2.05) is 26.0 Å². The lowest BCUT2D eigenvalue weighted by Gasteiger charge is -2.22. The van der Waals surface area contributed by atoms with Gasteiger partial charge in [-0.15, -0.1) is 0 Å². The number of benzene rings is 1. The second kappa shape index (κ2) is 5.89. The molecule has 2 atom stereocenters. The molecule has 4 heteroatoms. The molecular weight excluding hydrogens is 216 g/mol. The van der Waals surface area contributed by atoms with Gasteiger partial charge in [0.25, 0.3) is 0 Å². The number of ether oxygens (including phenoxy) is 2. The lowest BCUT2D eigenvalue weighted by atomic mass is 9.92. The highest BCUT2D eigenvalue weighted by Gasteiger charge is 2.18. The number of hydrogen-bond donors (Lipinski definition) is 2. The minimum atomic E-state index is -0.0835. The van der Waals surface area contributed by atoms with E-state index in [0.29, 0.717) is 12.3 Å². The summed E-state index contributed by atoms with van der Waals surface area (Å²) >= 11 is 0. The Morgan fingerprint density at radius 3 is 2.18 bits per heavy atom. The third-order valence-electron chi connectivity index (χ3n) is 3.12. The minimum Gasteiger partial charge on any atom is -0.493 e. The van der Waals surface area contributed by atoms with Crippen LogP contribution in [0.4, 0.5) is 0 Å². The summed E-state index contributed by atoms with van der Waals surface area (Å²) < 4.78 is 10.5. The Labute approximate surface area is 103 Å². The minimum absolute atomic E-state index is 0.0835. The van der Waals surface area contributed by atoms with Crippen LogP contribution in [-0.4, -0.2) is 20.8 Å². The van der Waals surface area contributed by atoms with Crippen LogP contribution in [0.5, 0.6) is 11.5 Å². The van der Waals surface area contributed by atoms with Crippen molar-refractivity contribution < 1.29 is 9.47 Å². The summed E-state index contributed by atoms with van der Waals surface area (Å²) in [4.78, 5) is 0. The molecule has 0 amide bonds. The highest BCUT2D eigenvalue weighted by molar-refractivity contribution is 5.48. The molecule has 0 aliphatic heterocycles. The molecule has 0 saturated heterocycles. The monoisotopic (exact) mass is 238 g/mol. The summed E-state index contributed by atoms with van der Waals surface area (Å²) in [5.41, 5.74) is 14.0. The van der Waals surface area contributed by atoms with Gasteiger partial charge < -0.3 is 20.9 Å². The van der Waals surface area contributed by atoms with E-state index in [9.17, 15) is 0 Å². The first kappa shape index (κ1) is 13.8. The van der Waals surface area contributed by atoms with E-state index in [1.165, 1.54) is 0 Å². The van der Waals surface area contributed by atoms with Gasteiger partial charge in [-0.2, -0.15) is 0 Å². The predicted molar refractivity (Wildman–Crippen MR) is 69.4 cm³/mol. The van der Waals surface area contributed by atoms with E-state index in [1.54, 1.807) is 14.2 Å². The quantitative estimate of drug-likeness (QED) is 0.817. The Kier molecular flexibility index (Phi) is 4.78. The maximum Gasteiger partial charge on any atom is 0.161 e. The Bertz CT molecular complexity index is 380. The fourth-order valence-corrected chi connectivity index (χ4v) is 1.81. The molecule has 0 radical (unpaired) electrons. The van der Waals surface area contributed by atoms with E-state index < -0.39 is 0 Å². The number of methoxy groups -OCH3 is 2. The van der Waals surface area contributed by atoms with Crippen LogP contribution in [0.2, 0.25) is 0 Å². The summed E-state index contributed by atoms with van der Waals surface area (Å²) in [6.07, 6.45) is 0. The number of rotatable bonds is 5. The van der Waals surface area contributed by atoms with E-state index in [0.717, 1.165) is 16.9 Å². The van der Waals surface area contributed by atoms with Crippen LogP contribution < -0.4 is 20.9 Å². The third kappa shape index (κ3) is 2.90. The van der Waals surface area contributed by atoms with E-state index in [2.05, 4.69) is 0 Å². The fraction of sp³-hybridized carbons (Fsp3) is 0.538. The second-order valence-corrected chi connectivity index (χ2v) is 4.30. The zero-order chi connectivity index (χ0) is 13.0. The standard InChI is InChI=1S/C13H22N2O2/c1-8-5-11(16-3)12(17-4)6-10(8)13(15)9(2)7-14/h5-6,9,13H,7,14-15H2,1-4H3. The van der Waals surface area contributed by atoms with Gasteiger partial charge in [0.15, 0.2) is 11.5 Å². The lowest BCUT2D eigenvalue weighted by Crippen LogP contribution is -2.26. The molecule has 0 aliphatic carbocycles. The first-order chi connectivity index (χ1) is 8.04. The summed E-state index contributed by atoms with van der Waals surface area (Å²) in [6.45, 7) is 4.62. The predicted octanol–water partition coefficient (Wildman–Crippen LogP) is 1.61. The molecule has 17 heavy (non-hydrogen) atoms. The smallest absolute Gasteiger partial charge is 0.161 e. The SMILES string of the molecule is COc1cc(C)c(C(N)C(C)CN)cc1OC. The van der Waals surface area contributed by atoms with Gasteiger partial charge in [-0.25, -0.2) is 0 Å². The van der Waals surface area contributed by atoms with Crippen LogP contribution in [0.15, 0.2) is 12.1 Å². The van der Waals surface area contributed by atoms with Crippen molar-refractivity contribution in [2.24, 2.45) is 17.4 Å². The van der Waals surface area contributed by atoms with Gasteiger partial charge in [0.2, 0.25) is 0 Å². The molecule has 0 spiro atoms. The van der Waals surface area contributed by atoms with Crippen molar-refractivity contribution in [1.82, 2.24) is 0 Å². The lowest BCUT2D eigenvalue weighted by molar-refractivity contribution is 0.353. The Balaban J connectivity index is 3.16. The molecule has 0 heterocycles. The van der Waals surface area contributed by atoms with Crippen molar-refractivity contribution in [2.45, 2.75) is 19.9 Å². The van der Waals surface area contributed by atoms with Crippen LogP contribution in [0.1, 0.15) is 24.1 Å². The molecular formula is C13H22N2O2. The first-order valence-corrected chi connectivity index (χ1v) is 5.73. The molecule has 0 fully saturated rings. The molecule has 1 aromatic carbocycles. The van der Waals surface area contributed by atoms with Gasteiger partial charge in [0.05, 0.1) is 14.2 Å². The summed E-state index contributed by atoms with van der Waals surface area (Å²) in [5, 5.41) is 0. The van der Waals surface area contributed by atoms with Crippen LogP contribution in [0.25, 0.3) is 0 Å². The molecule has 0 bridgehead atoms. The Morgan fingerprint density at radius 2 is 1.71 bits per heavy atom. The average Bonchev–Trinajstić information content (AvgIpc) is 2.36. The summed E-state index contributed by atoms with van der Waals surface area (Å²) in [5.74, 6) is 1.65. The Hall–Kier alpha value is -1.26. The van der Waals surface area contributed by atoms with Gasteiger partial charge in [-0.3, -0.25) is 0 Å². The van der Waals surface area contributed by atoms with E-state index >= 15 is 0 Å². The zero-order valence-corrected chi connectivity index (χ0v) is 11.0. The molecule has 2 unspecified atom stereocenters. The molecule has 1 aromatic rings. The first-order valence-electron chi connectivity index (χ1n) is 5.73. The highest BCUT2D eigenvalue weighted by Crippen LogP contribution is 2.33. The zero-order valence-electron chi connectivity index (χ0n) is 11.0. The maximum atomic E-state index is 6.19. The largest absolute Gasteiger partial charge is 0.493 e. The average molecular weight is 238 g/mol. The van der Waals surface area contributed by atoms with Crippen LogP contribution in [0, 0.1) is 12.8 Å². The molecule has 96 valence electrons. The maximum absolute atomic E-state index is 6.19. The van der Waals surface area contributed by atoms with Crippen LogP contribution in [0.3, 0.4) is 0 Å². The normalized spacial score (nSPS) is 14.2. The summed E-state index contributed by atoms with van der Waals surface area (Å²) in [6, 6.07) is 3.79. The number of hydrogen-bond acceptors (Lipinski definition) is 4. The molecule has 4 nitrogen and oxygen atoms in total. The van der Waals surface area contributed by atoms with Gasteiger partial charge in [0.1, 0.15) is 0 Å². The van der Waals surface area contributed by atoms with Crippen molar-refractivity contribution in [3.63, 3.8) is 0 Å². The third-order valence-corrected chi connectivity index (χ3v) is 3.12. The second-order valence-electron chi connectivity index (χ2n) is 4.30. The van der Waals surface area contributed by atoms with E-state index in [-0.39, 0.29) is 12.0 Å². The van der Waals surface area contributed by atoms with Gasteiger partial charge >= 0.3 is 0 Å². The van der Waals surface area contributed by atoms with Crippen LogP contribution in [-0.2, 0) is 0 Å². The molecule has 0 aromatic heterocycles. The molecule has 1 rings (SSSR count). The Morgan fingerprint density at radius 1 is 1.18 bits per heavy atom. The van der Waals surface area contributed by atoms with Gasteiger partial charge in [-0.05, 0) is 42.6 Å². The van der Waals surface area contributed by atoms with Gasteiger partial charge in [0, 0.05) is 6.04 Å². The van der Waals surface area contributed by atoms with Crippen LogP contribution >= 0.6 is 0 Å². The van der Waals surface area contributed by atoms with Crippen molar-refractivity contribution in [1.29, 1.82) is 0 Å². The molecule has 0 saturated carbocycles. The van der Waals surface area contributed by atoms with Gasteiger partial charge in [-0.1, -0.05) is 6.92 Å². The fourth-order valence-electron chi connectivity index (χ4n) is 1.81. The molecule has 4 N–H and O–H groups in total. The van der Waals surface area contributed by atoms with E-state index in [4.69, 9.17) is 20.9 Å². The summed E-state index contributed by atoms with van der Waals surface area (Å²) in [7, 11) is 3.24. The number of aryl methyl sites for hydroxylation is 1. The van der Waals surface area contributed by atoms with Crippen molar-refractivity contribution in [3.05, 3.63) is 23.3 Å². The highest BCUT2D eigenvalue weighted by atomic mass is 16.5. The van der Waals surface area contributed by atoms with Crippen molar-refractivity contribution >= 4 is 0 Å². The topological polar surface area (TPSA) is 70.5 Å².